The lowest BCUT2D eigenvalue weighted by atomic mass is 10.1. The Labute approximate surface area is 170 Å². The number of nitrogens with zero attached hydrogens (tertiary/aromatic N) is 2. The number of para-hydroxylation sites is 1. The van der Waals surface area contributed by atoms with Crippen LogP contribution in [0.4, 0.5) is 14.5 Å². The molecule has 1 N–H and O–H groups in total. The molecule has 1 aromatic heterocycles. The van der Waals surface area contributed by atoms with Gasteiger partial charge in [-0.1, -0.05) is 18.2 Å². The van der Waals surface area contributed by atoms with Gasteiger partial charge in [0.05, 0.1) is 16.6 Å². The Morgan fingerprint density at radius 3 is 2.37 bits per heavy atom. The van der Waals surface area contributed by atoms with Crippen molar-refractivity contribution in [1.29, 1.82) is 0 Å². The molecule has 0 saturated carbocycles. The molecule has 3 aromatic carbocycles. The molecule has 0 atom stereocenters. The SMILES string of the molecule is Cc1cc(-n2c(C)nc3ccccc3c2=O)ccc1NC(=O)c1c(F)cccc1F. The van der Waals surface area contributed by atoms with Crippen LogP contribution in [0.3, 0.4) is 0 Å². The van der Waals surface area contributed by atoms with E-state index in [1.807, 2.05) is 6.07 Å². The highest BCUT2D eigenvalue weighted by molar-refractivity contribution is 6.05. The van der Waals surface area contributed by atoms with Crippen LogP contribution in [-0.2, 0) is 0 Å². The lowest BCUT2D eigenvalue weighted by Crippen LogP contribution is -2.22. The van der Waals surface area contributed by atoms with Gasteiger partial charge in [0, 0.05) is 5.69 Å². The molecule has 7 heteroatoms. The largest absolute Gasteiger partial charge is 0.322 e. The van der Waals surface area contributed by atoms with Gasteiger partial charge in [-0.2, -0.15) is 0 Å². The molecule has 150 valence electrons. The number of carbonyl (C=O) groups is 1. The number of aryl methyl sites for hydroxylation is 2. The minimum absolute atomic E-state index is 0.206. The molecule has 1 amide bonds. The van der Waals surface area contributed by atoms with Gasteiger partial charge in [-0.3, -0.25) is 14.2 Å². The van der Waals surface area contributed by atoms with E-state index in [0.29, 0.717) is 33.7 Å². The fourth-order valence-corrected chi connectivity index (χ4v) is 3.37. The second kappa shape index (κ2) is 7.51. The topological polar surface area (TPSA) is 64.0 Å². The van der Waals surface area contributed by atoms with Gasteiger partial charge in [0.2, 0.25) is 0 Å². The number of aromatic nitrogens is 2. The molecule has 0 unspecified atom stereocenters. The summed E-state index contributed by atoms with van der Waals surface area (Å²) in [6, 6.07) is 15.3. The normalized spacial score (nSPS) is 10.9. The number of nitrogens with one attached hydrogen (secondary N) is 1. The summed E-state index contributed by atoms with van der Waals surface area (Å²) in [4.78, 5) is 29.8. The standard InChI is InChI=1S/C23H17F2N3O2/c1-13-12-15(28-14(2)26-20-9-4-3-6-16(20)23(28)30)10-11-19(13)27-22(29)21-17(24)7-5-8-18(21)25/h3-12H,1-2H3,(H,27,29). The highest BCUT2D eigenvalue weighted by Crippen LogP contribution is 2.22. The third-order valence-electron chi connectivity index (χ3n) is 4.85. The van der Waals surface area contributed by atoms with Crippen LogP contribution in [0.2, 0.25) is 0 Å². The summed E-state index contributed by atoms with van der Waals surface area (Å²) in [5.41, 5.74) is 1.34. The van der Waals surface area contributed by atoms with Crippen molar-refractivity contribution >= 4 is 22.5 Å². The molecule has 0 aliphatic heterocycles. The minimum atomic E-state index is -0.939. The van der Waals surface area contributed by atoms with Crippen LogP contribution in [0, 0.1) is 25.5 Å². The number of rotatable bonds is 3. The first kappa shape index (κ1) is 19.4. The van der Waals surface area contributed by atoms with E-state index in [2.05, 4.69) is 10.3 Å². The Balaban J connectivity index is 1.72. The second-order valence-corrected chi connectivity index (χ2v) is 6.87. The Morgan fingerprint density at radius 2 is 1.67 bits per heavy atom. The average Bonchev–Trinajstić information content (AvgIpc) is 2.70. The molecule has 30 heavy (non-hydrogen) atoms. The van der Waals surface area contributed by atoms with Crippen LogP contribution < -0.4 is 10.9 Å². The smallest absolute Gasteiger partial charge is 0.265 e. The van der Waals surface area contributed by atoms with Crippen molar-refractivity contribution < 1.29 is 13.6 Å². The van der Waals surface area contributed by atoms with Gasteiger partial charge in [-0.05, 0) is 61.9 Å². The highest BCUT2D eigenvalue weighted by atomic mass is 19.1. The Hall–Kier alpha value is -3.87. The van der Waals surface area contributed by atoms with Crippen molar-refractivity contribution in [1.82, 2.24) is 9.55 Å². The van der Waals surface area contributed by atoms with Gasteiger partial charge in [0.25, 0.3) is 11.5 Å². The van der Waals surface area contributed by atoms with Crippen molar-refractivity contribution in [2.24, 2.45) is 0 Å². The second-order valence-electron chi connectivity index (χ2n) is 6.87. The number of anilines is 1. The first-order chi connectivity index (χ1) is 14.4. The summed E-state index contributed by atoms with van der Waals surface area (Å²) in [5.74, 6) is -2.25. The van der Waals surface area contributed by atoms with E-state index in [1.54, 1.807) is 50.2 Å². The third kappa shape index (κ3) is 3.34. The fraction of sp³-hybridized carbons (Fsp3) is 0.0870. The molecule has 5 nitrogen and oxygen atoms in total. The van der Waals surface area contributed by atoms with E-state index in [-0.39, 0.29) is 5.56 Å². The van der Waals surface area contributed by atoms with Crippen molar-refractivity contribution in [3.8, 4) is 5.69 Å². The minimum Gasteiger partial charge on any atom is -0.322 e. The summed E-state index contributed by atoms with van der Waals surface area (Å²) in [6.45, 7) is 3.46. The summed E-state index contributed by atoms with van der Waals surface area (Å²) < 4.78 is 29.2. The number of fused-ring (bicyclic) bond motifs is 1. The summed E-state index contributed by atoms with van der Waals surface area (Å²) in [7, 11) is 0. The molecule has 0 aliphatic rings. The van der Waals surface area contributed by atoms with Crippen molar-refractivity contribution in [2.45, 2.75) is 13.8 Å². The molecule has 4 aromatic rings. The summed E-state index contributed by atoms with van der Waals surface area (Å²) in [6.07, 6.45) is 0. The van der Waals surface area contributed by atoms with Gasteiger partial charge in [-0.25, -0.2) is 13.8 Å². The molecule has 4 rings (SSSR count). The summed E-state index contributed by atoms with van der Waals surface area (Å²) >= 11 is 0. The molecule has 0 aliphatic carbocycles. The maximum atomic E-state index is 13.9. The average molecular weight is 405 g/mol. The maximum Gasteiger partial charge on any atom is 0.265 e. The zero-order chi connectivity index (χ0) is 21.4. The zero-order valence-electron chi connectivity index (χ0n) is 16.2. The number of halogens is 2. The van der Waals surface area contributed by atoms with E-state index in [4.69, 9.17) is 0 Å². The predicted octanol–water partition coefficient (Wildman–Crippen LogP) is 4.53. The quantitative estimate of drug-likeness (QED) is 0.545. The van der Waals surface area contributed by atoms with Gasteiger partial charge in [-0.15, -0.1) is 0 Å². The van der Waals surface area contributed by atoms with E-state index < -0.39 is 23.1 Å². The number of hydrogen-bond acceptors (Lipinski definition) is 3. The molecule has 0 fully saturated rings. The molecule has 0 bridgehead atoms. The highest BCUT2D eigenvalue weighted by Gasteiger charge is 2.18. The molecular weight excluding hydrogens is 388 g/mol. The van der Waals surface area contributed by atoms with Crippen molar-refractivity contribution in [3.63, 3.8) is 0 Å². The molecule has 0 saturated heterocycles. The van der Waals surface area contributed by atoms with Crippen LogP contribution in [0.1, 0.15) is 21.7 Å². The van der Waals surface area contributed by atoms with Gasteiger partial charge in [0.1, 0.15) is 23.0 Å². The van der Waals surface area contributed by atoms with Gasteiger partial charge < -0.3 is 5.32 Å². The molecule has 0 spiro atoms. The van der Waals surface area contributed by atoms with Gasteiger partial charge in [0.15, 0.2) is 0 Å². The van der Waals surface area contributed by atoms with Gasteiger partial charge >= 0.3 is 0 Å². The van der Waals surface area contributed by atoms with E-state index in [1.165, 1.54) is 10.6 Å². The van der Waals surface area contributed by atoms with E-state index >= 15 is 0 Å². The Kier molecular flexibility index (Phi) is 4.87. The fourth-order valence-electron chi connectivity index (χ4n) is 3.37. The number of benzene rings is 3. The molecule has 1 heterocycles. The molecular formula is C23H17F2N3O2. The first-order valence-electron chi connectivity index (χ1n) is 9.21. The Morgan fingerprint density at radius 1 is 0.967 bits per heavy atom. The van der Waals surface area contributed by atoms with Crippen molar-refractivity contribution in [2.75, 3.05) is 5.32 Å². The summed E-state index contributed by atoms with van der Waals surface area (Å²) in [5, 5.41) is 3.02. The first-order valence-corrected chi connectivity index (χ1v) is 9.21. The Bertz CT molecular complexity index is 1340. The van der Waals surface area contributed by atoms with Crippen LogP contribution in [0.25, 0.3) is 16.6 Å². The van der Waals surface area contributed by atoms with E-state index in [9.17, 15) is 18.4 Å². The van der Waals surface area contributed by atoms with Crippen LogP contribution in [0.15, 0.2) is 65.5 Å². The monoisotopic (exact) mass is 405 g/mol. The zero-order valence-corrected chi connectivity index (χ0v) is 16.2. The third-order valence-corrected chi connectivity index (χ3v) is 4.85. The maximum absolute atomic E-state index is 13.9. The lowest BCUT2D eigenvalue weighted by Gasteiger charge is -2.14. The number of hydrogen-bond donors (Lipinski definition) is 1. The molecule has 0 radical (unpaired) electrons. The van der Waals surface area contributed by atoms with Crippen molar-refractivity contribution in [3.05, 3.63) is 99.6 Å². The predicted molar refractivity (Wildman–Crippen MR) is 111 cm³/mol. The van der Waals surface area contributed by atoms with Crippen LogP contribution in [0.5, 0.6) is 0 Å². The number of carbonyl (C=O) groups excluding carboxylic acids is 1. The van der Waals surface area contributed by atoms with Crippen LogP contribution >= 0.6 is 0 Å². The van der Waals surface area contributed by atoms with Crippen LogP contribution in [-0.4, -0.2) is 15.5 Å². The lowest BCUT2D eigenvalue weighted by molar-refractivity contribution is 0.101. The van der Waals surface area contributed by atoms with E-state index in [0.717, 1.165) is 12.1 Å². The number of amides is 1.